The van der Waals surface area contributed by atoms with Crippen molar-refractivity contribution in [3.05, 3.63) is 66.0 Å². The van der Waals surface area contributed by atoms with Crippen LogP contribution in [0.4, 0.5) is 0 Å². The summed E-state index contributed by atoms with van der Waals surface area (Å²) in [6, 6.07) is 12.5. The fourth-order valence-electron chi connectivity index (χ4n) is 2.98. The fourth-order valence-corrected chi connectivity index (χ4v) is 2.98. The van der Waals surface area contributed by atoms with Crippen molar-refractivity contribution >= 4 is 28.5 Å². The first-order valence-corrected chi connectivity index (χ1v) is 7.12. The van der Waals surface area contributed by atoms with Gasteiger partial charge in [0.1, 0.15) is 5.65 Å². The number of aromatic nitrogens is 3. The van der Waals surface area contributed by atoms with Crippen LogP contribution < -0.4 is 0 Å². The van der Waals surface area contributed by atoms with E-state index in [2.05, 4.69) is 5.10 Å². The predicted molar refractivity (Wildman–Crippen MR) is 85.9 cm³/mol. The number of hydrogen-bond acceptors (Lipinski definition) is 3. The lowest BCUT2D eigenvalue weighted by Gasteiger charge is -2.10. The van der Waals surface area contributed by atoms with Crippen LogP contribution >= 0.6 is 0 Å². The van der Waals surface area contributed by atoms with Gasteiger partial charge in [0.2, 0.25) is 0 Å². The number of benzene rings is 1. The maximum atomic E-state index is 11.7. The Bertz CT molecular complexity index is 1110. The second kappa shape index (κ2) is 4.95. The Balaban J connectivity index is 2.23. The highest BCUT2D eigenvalue weighted by Gasteiger charge is 2.26. The summed E-state index contributed by atoms with van der Waals surface area (Å²) in [5, 5.41) is 23.6. The van der Waals surface area contributed by atoms with Crippen LogP contribution in [0, 0.1) is 0 Å². The van der Waals surface area contributed by atoms with E-state index >= 15 is 0 Å². The first-order chi connectivity index (χ1) is 11.6. The average molecular weight is 321 g/mol. The van der Waals surface area contributed by atoms with E-state index in [-0.39, 0.29) is 16.5 Å². The molecule has 0 amide bonds. The number of para-hydroxylation sites is 1. The van der Waals surface area contributed by atoms with Crippen LogP contribution in [0.25, 0.3) is 22.2 Å². The van der Waals surface area contributed by atoms with E-state index < -0.39 is 11.9 Å². The van der Waals surface area contributed by atoms with Gasteiger partial charge in [0.05, 0.1) is 33.9 Å². The molecule has 0 fully saturated rings. The summed E-state index contributed by atoms with van der Waals surface area (Å²) in [5.41, 5.74) is 1.06. The van der Waals surface area contributed by atoms with E-state index in [4.69, 9.17) is 0 Å². The van der Waals surface area contributed by atoms with Gasteiger partial charge in [-0.05, 0) is 24.3 Å². The van der Waals surface area contributed by atoms with Crippen molar-refractivity contribution in [2.75, 3.05) is 0 Å². The monoisotopic (exact) mass is 321 g/mol. The van der Waals surface area contributed by atoms with Gasteiger partial charge < -0.3 is 14.6 Å². The van der Waals surface area contributed by atoms with E-state index in [0.29, 0.717) is 11.2 Å². The molecule has 3 aromatic heterocycles. The van der Waals surface area contributed by atoms with Crippen LogP contribution in [-0.2, 0) is 0 Å². The van der Waals surface area contributed by atoms with E-state index in [1.165, 1.54) is 6.20 Å². The second-order valence-electron chi connectivity index (χ2n) is 5.25. The van der Waals surface area contributed by atoms with Crippen molar-refractivity contribution in [2.45, 2.75) is 0 Å². The molecular weight excluding hydrogens is 310 g/mol. The van der Waals surface area contributed by atoms with Crippen LogP contribution in [0.2, 0.25) is 0 Å². The van der Waals surface area contributed by atoms with Gasteiger partial charge in [-0.15, -0.1) is 0 Å². The first-order valence-electron chi connectivity index (χ1n) is 7.12. The normalized spacial score (nSPS) is 11.2. The molecule has 4 aromatic rings. The summed E-state index contributed by atoms with van der Waals surface area (Å²) in [7, 11) is 0. The highest BCUT2D eigenvalue weighted by Crippen LogP contribution is 2.29. The number of aromatic carboxylic acids is 2. The summed E-state index contributed by atoms with van der Waals surface area (Å²) < 4.78 is 3.24. The number of carbonyl (C=O) groups is 2. The number of fused-ring (bicyclic) bond motifs is 3. The lowest BCUT2D eigenvalue weighted by atomic mass is 10.0. The van der Waals surface area contributed by atoms with Crippen molar-refractivity contribution in [3.63, 3.8) is 0 Å². The topological polar surface area (TPSA) is 96.8 Å². The molecule has 24 heavy (non-hydrogen) atoms. The fraction of sp³-hybridized carbons (Fsp3) is 0. The van der Waals surface area contributed by atoms with Crippen molar-refractivity contribution in [2.24, 2.45) is 0 Å². The van der Waals surface area contributed by atoms with E-state index in [9.17, 15) is 19.8 Å². The molecular formula is C17H11N3O4. The lowest BCUT2D eigenvalue weighted by Crippen LogP contribution is -2.12. The Morgan fingerprint density at radius 1 is 0.917 bits per heavy atom. The number of rotatable bonds is 3. The maximum absolute atomic E-state index is 11.7. The van der Waals surface area contributed by atoms with Crippen LogP contribution in [0.15, 0.2) is 54.9 Å². The maximum Gasteiger partial charge on any atom is 0.338 e. The Kier molecular flexibility index (Phi) is 2.89. The van der Waals surface area contributed by atoms with Crippen molar-refractivity contribution in [3.8, 4) is 5.69 Å². The Labute approximate surface area is 135 Å². The molecule has 0 saturated heterocycles. The zero-order chi connectivity index (χ0) is 16.8. The molecule has 7 nitrogen and oxygen atoms in total. The molecule has 0 unspecified atom stereocenters. The quantitative estimate of drug-likeness (QED) is 0.604. The minimum Gasteiger partial charge on any atom is -0.478 e. The molecule has 7 heteroatoms. The summed E-state index contributed by atoms with van der Waals surface area (Å²) in [6.45, 7) is 0. The van der Waals surface area contributed by atoms with Gasteiger partial charge in [0, 0.05) is 6.20 Å². The Morgan fingerprint density at radius 2 is 1.62 bits per heavy atom. The number of nitrogens with zero attached hydrogens (tertiary/aromatic N) is 3. The van der Waals surface area contributed by atoms with Gasteiger partial charge in [-0.25, -0.2) is 14.3 Å². The predicted octanol–water partition coefficient (Wildman–Crippen LogP) is 2.67. The summed E-state index contributed by atoms with van der Waals surface area (Å²) in [4.78, 5) is 23.4. The van der Waals surface area contributed by atoms with Crippen molar-refractivity contribution < 1.29 is 19.8 Å². The molecule has 2 N–H and O–H groups in total. The molecule has 4 rings (SSSR count). The molecule has 0 radical (unpaired) electrons. The summed E-state index contributed by atoms with van der Waals surface area (Å²) >= 11 is 0. The van der Waals surface area contributed by atoms with Gasteiger partial charge in [-0.2, -0.15) is 5.10 Å². The zero-order valence-electron chi connectivity index (χ0n) is 12.2. The van der Waals surface area contributed by atoms with Crippen molar-refractivity contribution in [1.29, 1.82) is 0 Å². The van der Waals surface area contributed by atoms with Crippen LogP contribution in [0.1, 0.15) is 20.7 Å². The summed E-state index contributed by atoms with van der Waals surface area (Å²) in [6.07, 6.45) is 3.08. The van der Waals surface area contributed by atoms with Gasteiger partial charge in [-0.3, -0.25) is 0 Å². The highest BCUT2D eigenvalue weighted by atomic mass is 16.4. The highest BCUT2D eigenvalue weighted by molar-refractivity contribution is 6.14. The molecule has 0 aliphatic heterocycles. The molecule has 118 valence electrons. The second-order valence-corrected chi connectivity index (χ2v) is 5.25. The van der Waals surface area contributed by atoms with E-state index in [0.717, 1.165) is 5.69 Å². The molecule has 1 aromatic carbocycles. The first kappa shape index (κ1) is 14.0. The van der Waals surface area contributed by atoms with Gasteiger partial charge in [0.15, 0.2) is 0 Å². The van der Waals surface area contributed by atoms with Crippen LogP contribution in [0.3, 0.4) is 0 Å². The molecule has 0 bridgehead atoms. The lowest BCUT2D eigenvalue weighted by molar-refractivity contribution is 0.0654. The summed E-state index contributed by atoms with van der Waals surface area (Å²) in [5.74, 6) is -2.58. The average Bonchev–Trinajstić information content (AvgIpc) is 3.20. The third kappa shape index (κ3) is 1.81. The standard InChI is InChI=1S/C17H11N3O4/c21-16(22)13-11-9-18-20(10-5-2-1-3-6-10)15(11)19-8-4-7-12(19)14(13)17(23)24/h1-9H,(H,21,22)(H,23,24). The molecule has 3 heterocycles. The largest absolute Gasteiger partial charge is 0.478 e. The smallest absolute Gasteiger partial charge is 0.338 e. The van der Waals surface area contributed by atoms with Crippen molar-refractivity contribution in [1.82, 2.24) is 14.2 Å². The van der Waals surface area contributed by atoms with Gasteiger partial charge in [-0.1, -0.05) is 18.2 Å². The molecule has 0 saturated carbocycles. The third-order valence-corrected chi connectivity index (χ3v) is 3.92. The third-order valence-electron chi connectivity index (χ3n) is 3.92. The molecule has 0 atom stereocenters. The van der Waals surface area contributed by atoms with Gasteiger partial charge in [0.25, 0.3) is 0 Å². The molecule has 0 aliphatic rings. The molecule has 0 aliphatic carbocycles. The van der Waals surface area contributed by atoms with E-state index in [1.54, 1.807) is 27.4 Å². The zero-order valence-corrected chi connectivity index (χ0v) is 12.2. The minimum absolute atomic E-state index is 0.243. The Morgan fingerprint density at radius 3 is 2.29 bits per heavy atom. The number of hydrogen-bond donors (Lipinski definition) is 2. The van der Waals surface area contributed by atoms with Crippen LogP contribution in [0.5, 0.6) is 0 Å². The van der Waals surface area contributed by atoms with Gasteiger partial charge >= 0.3 is 11.9 Å². The van der Waals surface area contributed by atoms with E-state index in [1.807, 2.05) is 30.3 Å². The number of pyridine rings is 1. The minimum atomic E-state index is -1.30. The number of carboxylic acid groups (broad SMARTS) is 2. The SMILES string of the molecule is O=C(O)c1c(C(=O)O)c2cccn2c2c1cnn2-c1ccccc1. The molecule has 0 spiro atoms. The Hall–Kier alpha value is -3.61. The van der Waals surface area contributed by atoms with Crippen LogP contribution in [-0.4, -0.2) is 36.3 Å². The number of carboxylic acids is 2.